The summed E-state index contributed by atoms with van der Waals surface area (Å²) in [5.74, 6) is 0.493. The molecular formula is C10H18N4O. The Kier molecular flexibility index (Phi) is 4.83. The van der Waals surface area contributed by atoms with E-state index in [0.29, 0.717) is 12.4 Å². The van der Waals surface area contributed by atoms with Crippen molar-refractivity contribution < 1.29 is 0 Å². The van der Waals surface area contributed by atoms with Crippen LogP contribution in [-0.2, 0) is 0 Å². The van der Waals surface area contributed by atoms with Crippen LogP contribution in [0.15, 0.2) is 17.2 Å². The lowest BCUT2D eigenvalue weighted by Crippen LogP contribution is -2.32. The van der Waals surface area contributed by atoms with E-state index in [4.69, 9.17) is 5.73 Å². The van der Waals surface area contributed by atoms with Gasteiger partial charge in [0.15, 0.2) is 5.82 Å². The van der Waals surface area contributed by atoms with Crippen LogP contribution in [-0.4, -0.2) is 29.6 Å². The molecule has 0 saturated heterocycles. The Hall–Kier alpha value is -1.36. The third kappa shape index (κ3) is 3.36. The first kappa shape index (κ1) is 11.7. The summed E-state index contributed by atoms with van der Waals surface area (Å²) in [5.41, 5.74) is 5.32. The first-order valence-corrected chi connectivity index (χ1v) is 5.28. The van der Waals surface area contributed by atoms with Crippen molar-refractivity contribution in [1.82, 2.24) is 9.97 Å². The number of aromatic nitrogens is 2. The van der Waals surface area contributed by atoms with Crippen LogP contribution in [0, 0.1) is 0 Å². The van der Waals surface area contributed by atoms with Crippen molar-refractivity contribution in [3.63, 3.8) is 0 Å². The van der Waals surface area contributed by atoms with Gasteiger partial charge in [0.05, 0.1) is 0 Å². The molecule has 1 aromatic heterocycles. The van der Waals surface area contributed by atoms with Crippen molar-refractivity contribution in [3.05, 3.63) is 22.7 Å². The van der Waals surface area contributed by atoms with E-state index in [1.54, 1.807) is 12.4 Å². The van der Waals surface area contributed by atoms with Gasteiger partial charge in [-0.25, -0.2) is 4.98 Å². The molecule has 0 aliphatic heterocycles. The summed E-state index contributed by atoms with van der Waals surface area (Å²) in [4.78, 5) is 20.2. The van der Waals surface area contributed by atoms with Gasteiger partial charge in [-0.1, -0.05) is 6.92 Å². The Morgan fingerprint density at radius 3 is 2.93 bits per heavy atom. The van der Waals surface area contributed by atoms with Gasteiger partial charge >= 0.3 is 0 Å². The highest BCUT2D eigenvalue weighted by Crippen LogP contribution is 2.03. The van der Waals surface area contributed by atoms with Gasteiger partial charge < -0.3 is 15.6 Å². The minimum absolute atomic E-state index is 0.136. The Morgan fingerprint density at radius 2 is 2.33 bits per heavy atom. The number of H-pyrrole nitrogens is 1. The largest absolute Gasteiger partial charge is 0.352 e. The summed E-state index contributed by atoms with van der Waals surface area (Å²) in [6, 6.07) is 0. The number of rotatable bonds is 6. The number of nitrogens with two attached hydrogens (primary N) is 1. The van der Waals surface area contributed by atoms with E-state index in [1.807, 2.05) is 4.90 Å². The van der Waals surface area contributed by atoms with E-state index in [1.165, 1.54) is 0 Å². The molecular weight excluding hydrogens is 192 g/mol. The normalized spacial score (nSPS) is 10.3. The van der Waals surface area contributed by atoms with Gasteiger partial charge in [-0.2, -0.15) is 0 Å². The molecule has 5 heteroatoms. The molecule has 1 aromatic rings. The maximum atomic E-state index is 11.5. The third-order valence-electron chi connectivity index (χ3n) is 2.11. The number of hydrogen-bond acceptors (Lipinski definition) is 4. The maximum Gasteiger partial charge on any atom is 0.290 e. The molecule has 0 radical (unpaired) electrons. The fourth-order valence-corrected chi connectivity index (χ4v) is 1.44. The number of nitrogens with one attached hydrogen (secondary N) is 1. The Labute approximate surface area is 89.3 Å². The summed E-state index contributed by atoms with van der Waals surface area (Å²) in [6.07, 6.45) is 5.00. The zero-order valence-electron chi connectivity index (χ0n) is 9.07. The SMILES string of the molecule is CCCN(CCCN)c1ncc[nH]c1=O. The van der Waals surface area contributed by atoms with E-state index >= 15 is 0 Å². The van der Waals surface area contributed by atoms with E-state index in [9.17, 15) is 4.79 Å². The van der Waals surface area contributed by atoms with Crippen LogP contribution in [0.5, 0.6) is 0 Å². The lowest BCUT2D eigenvalue weighted by Gasteiger charge is -2.21. The van der Waals surface area contributed by atoms with Crippen LogP contribution in [0.1, 0.15) is 19.8 Å². The fraction of sp³-hybridized carbons (Fsp3) is 0.600. The van der Waals surface area contributed by atoms with Crippen LogP contribution >= 0.6 is 0 Å². The van der Waals surface area contributed by atoms with Gasteiger partial charge in [0, 0.05) is 25.5 Å². The lowest BCUT2D eigenvalue weighted by atomic mass is 10.3. The Bertz CT molecular complexity index is 336. The predicted molar refractivity (Wildman–Crippen MR) is 61.0 cm³/mol. The minimum Gasteiger partial charge on any atom is -0.352 e. The quantitative estimate of drug-likeness (QED) is 0.709. The third-order valence-corrected chi connectivity index (χ3v) is 2.11. The predicted octanol–water partition coefficient (Wildman–Crippen LogP) is 0.335. The second kappa shape index (κ2) is 6.19. The van der Waals surface area contributed by atoms with Gasteiger partial charge in [-0.3, -0.25) is 4.79 Å². The number of hydrogen-bond donors (Lipinski definition) is 2. The molecule has 0 saturated carbocycles. The molecule has 0 bridgehead atoms. The molecule has 84 valence electrons. The molecule has 0 aromatic carbocycles. The first-order valence-electron chi connectivity index (χ1n) is 5.28. The van der Waals surface area contributed by atoms with E-state index in [-0.39, 0.29) is 5.56 Å². The molecule has 1 rings (SSSR count). The van der Waals surface area contributed by atoms with Crippen LogP contribution in [0.2, 0.25) is 0 Å². The second-order valence-electron chi connectivity index (χ2n) is 3.37. The molecule has 0 aliphatic carbocycles. The summed E-state index contributed by atoms with van der Waals surface area (Å²) in [5, 5.41) is 0. The average molecular weight is 210 g/mol. The smallest absolute Gasteiger partial charge is 0.290 e. The molecule has 0 unspecified atom stereocenters. The summed E-state index contributed by atoms with van der Waals surface area (Å²) in [7, 11) is 0. The average Bonchev–Trinajstić information content (AvgIpc) is 2.25. The van der Waals surface area contributed by atoms with Gasteiger partial charge in [0.25, 0.3) is 5.56 Å². The molecule has 5 nitrogen and oxygen atoms in total. The lowest BCUT2D eigenvalue weighted by molar-refractivity contribution is 0.706. The second-order valence-corrected chi connectivity index (χ2v) is 3.37. The van der Waals surface area contributed by atoms with Crippen molar-refractivity contribution in [1.29, 1.82) is 0 Å². The highest BCUT2D eigenvalue weighted by Gasteiger charge is 2.09. The zero-order chi connectivity index (χ0) is 11.1. The highest BCUT2D eigenvalue weighted by atomic mass is 16.1. The summed E-state index contributed by atoms with van der Waals surface area (Å²) < 4.78 is 0. The summed E-state index contributed by atoms with van der Waals surface area (Å²) >= 11 is 0. The molecule has 0 amide bonds. The molecule has 1 heterocycles. The molecule has 0 fully saturated rings. The first-order chi connectivity index (χ1) is 7.29. The maximum absolute atomic E-state index is 11.5. The van der Waals surface area contributed by atoms with Crippen LogP contribution in [0.3, 0.4) is 0 Å². The summed E-state index contributed by atoms with van der Waals surface area (Å²) in [6.45, 7) is 4.32. The molecule has 0 aliphatic rings. The highest BCUT2D eigenvalue weighted by molar-refractivity contribution is 5.34. The van der Waals surface area contributed by atoms with Crippen LogP contribution < -0.4 is 16.2 Å². The van der Waals surface area contributed by atoms with Gasteiger partial charge in [-0.05, 0) is 19.4 Å². The number of anilines is 1. The molecule has 3 N–H and O–H groups in total. The Morgan fingerprint density at radius 1 is 1.53 bits per heavy atom. The van der Waals surface area contributed by atoms with Crippen LogP contribution in [0.25, 0.3) is 0 Å². The van der Waals surface area contributed by atoms with E-state index in [2.05, 4.69) is 16.9 Å². The van der Waals surface area contributed by atoms with Crippen LogP contribution in [0.4, 0.5) is 5.82 Å². The topological polar surface area (TPSA) is 75.0 Å². The number of nitrogens with zero attached hydrogens (tertiary/aromatic N) is 2. The molecule has 0 atom stereocenters. The van der Waals surface area contributed by atoms with Crippen molar-refractivity contribution >= 4 is 5.82 Å². The van der Waals surface area contributed by atoms with Crippen molar-refractivity contribution in [2.45, 2.75) is 19.8 Å². The zero-order valence-corrected chi connectivity index (χ0v) is 9.07. The Balaban J connectivity index is 2.79. The van der Waals surface area contributed by atoms with Crippen molar-refractivity contribution in [2.24, 2.45) is 5.73 Å². The van der Waals surface area contributed by atoms with E-state index in [0.717, 1.165) is 25.9 Å². The minimum atomic E-state index is -0.136. The monoisotopic (exact) mass is 210 g/mol. The van der Waals surface area contributed by atoms with Gasteiger partial charge in [0.2, 0.25) is 0 Å². The number of aromatic amines is 1. The molecule has 0 spiro atoms. The standard InChI is InChI=1S/C10H18N4O/c1-2-7-14(8-3-4-11)9-10(15)13-6-5-12-9/h5-6H,2-4,7-8,11H2,1H3,(H,13,15). The van der Waals surface area contributed by atoms with Crippen molar-refractivity contribution in [3.8, 4) is 0 Å². The van der Waals surface area contributed by atoms with Gasteiger partial charge in [0.1, 0.15) is 0 Å². The van der Waals surface area contributed by atoms with Gasteiger partial charge in [-0.15, -0.1) is 0 Å². The van der Waals surface area contributed by atoms with E-state index < -0.39 is 0 Å². The fourth-order valence-electron chi connectivity index (χ4n) is 1.44. The molecule has 15 heavy (non-hydrogen) atoms. The van der Waals surface area contributed by atoms with Crippen molar-refractivity contribution in [2.75, 3.05) is 24.5 Å².